The molecular formula is C36H36ClFN4O3. The lowest BCUT2D eigenvalue weighted by Crippen LogP contribution is -2.38. The van der Waals surface area contributed by atoms with Gasteiger partial charge in [-0.3, -0.25) is 14.4 Å². The van der Waals surface area contributed by atoms with Crippen LogP contribution in [0, 0.1) is 5.82 Å². The van der Waals surface area contributed by atoms with Crippen molar-refractivity contribution in [2.45, 2.75) is 32.2 Å². The van der Waals surface area contributed by atoms with Gasteiger partial charge in [0.25, 0.3) is 11.8 Å². The molecule has 1 fully saturated rings. The van der Waals surface area contributed by atoms with Gasteiger partial charge in [0.2, 0.25) is 5.91 Å². The van der Waals surface area contributed by atoms with Gasteiger partial charge < -0.3 is 20.4 Å². The second kappa shape index (κ2) is 14.9. The molecule has 232 valence electrons. The average Bonchev–Trinajstić information content (AvgIpc) is 3.32. The van der Waals surface area contributed by atoms with E-state index >= 15 is 0 Å². The highest BCUT2D eigenvalue weighted by atomic mass is 35.5. The van der Waals surface area contributed by atoms with Crippen LogP contribution in [-0.2, 0) is 11.3 Å². The molecule has 7 nitrogen and oxygen atoms in total. The molecule has 2 N–H and O–H groups in total. The van der Waals surface area contributed by atoms with Crippen LogP contribution in [-0.4, -0.2) is 48.8 Å². The minimum atomic E-state index is -0.348. The highest BCUT2D eigenvalue weighted by Crippen LogP contribution is 2.28. The van der Waals surface area contributed by atoms with E-state index in [0.717, 1.165) is 17.5 Å². The van der Waals surface area contributed by atoms with Crippen LogP contribution in [0.2, 0.25) is 5.02 Å². The second-order valence-corrected chi connectivity index (χ2v) is 11.5. The number of anilines is 2. The molecule has 1 unspecified atom stereocenters. The van der Waals surface area contributed by atoms with Gasteiger partial charge in [-0.15, -0.1) is 0 Å². The van der Waals surface area contributed by atoms with E-state index in [-0.39, 0.29) is 36.0 Å². The fraction of sp³-hybridized carbons (Fsp3) is 0.250. The van der Waals surface area contributed by atoms with Crippen LogP contribution in [0.1, 0.15) is 57.5 Å². The third-order valence-electron chi connectivity index (χ3n) is 8.03. The highest BCUT2D eigenvalue weighted by molar-refractivity contribution is 6.30. The summed E-state index contributed by atoms with van der Waals surface area (Å²) in [6.07, 6.45) is 1.45. The predicted octanol–water partition coefficient (Wildman–Crippen LogP) is 6.89. The SMILES string of the molecule is CCC(C(=O)N1CCCN(c2ccc(NC(=O)c3ccc(Cl)cc3)cc2C(=O)NCc2ccc(F)cc2)CC1)c1ccccc1. The zero-order valence-corrected chi connectivity index (χ0v) is 25.9. The molecular weight excluding hydrogens is 591 g/mol. The van der Waals surface area contributed by atoms with Crippen molar-refractivity contribution in [3.8, 4) is 0 Å². The normalized spacial score (nSPS) is 13.9. The van der Waals surface area contributed by atoms with Gasteiger partial charge in [-0.2, -0.15) is 0 Å². The molecule has 0 aromatic heterocycles. The molecule has 4 aromatic rings. The van der Waals surface area contributed by atoms with Crippen molar-refractivity contribution in [1.82, 2.24) is 10.2 Å². The molecule has 0 bridgehead atoms. The number of hydrogen-bond acceptors (Lipinski definition) is 4. The van der Waals surface area contributed by atoms with Crippen LogP contribution in [0.4, 0.5) is 15.8 Å². The van der Waals surface area contributed by atoms with Gasteiger partial charge in [-0.05, 0) is 78.6 Å². The third kappa shape index (κ3) is 8.08. The molecule has 3 amide bonds. The molecule has 5 rings (SSSR count). The number of nitrogens with zero attached hydrogens (tertiary/aromatic N) is 2. The maximum Gasteiger partial charge on any atom is 0.255 e. The Balaban J connectivity index is 1.36. The van der Waals surface area contributed by atoms with Crippen molar-refractivity contribution in [2.24, 2.45) is 0 Å². The van der Waals surface area contributed by atoms with Crippen LogP contribution >= 0.6 is 11.6 Å². The van der Waals surface area contributed by atoms with Crippen molar-refractivity contribution >= 4 is 40.7 Å². The topological polar surface area (TPSA) is 81.8 Å². The Bertz CT molecular complexity index is 1630. The molecule has 0 spiro atoms. The van der Waals surface area contributed by atoms with E-state index in [2.05, 4.69) is 15.5 Å². The van der Waals surface area contributed by atoms with E-state index in [1.54, 1.807) is 48.5 Å². The largest absolute Gasteiger partial charge is 0.369 e. The summed E-state index contributed by atoms with van der Waals surface area (Å²) in [7, 11) is 0. The Morgan fingerprint density at radius 2 is 1.58 bits per heavy atom. The van der Waals surface area contributed by atoms with E-state index in [1.807, 2.05) is 48.2 Å². The quantitative estimate of drug-likeness (QED) is 0.212. The Morgan fingerprint density at radius 1 is 0.844 bits per heavy atom. The van der Waals surface area contributed by atoms with Crippen LogP contribution in [0.25, 0.3) is 0 Å². The number of amides is 3. The Hall–Kier alpha value is -4.69. The summed E-state index contributed by atoms with van der Waals surface area (Å²) in [6.45, 7) is 4.59. The first-order valence-electron chi connectivity index (χ1n) is 15.1. The van der Waals surface area contributed by atoms with Gasteiger partial charge in [-0.25, -0.2) is 4.39 Å². The first-order valence-corrected chi connectivity index (χ1v) is 15.5. The predicted molar refractivity (Wildman–Crippen MR) is 176 cm³/mol. The van der Waals surface area contributed by atoms with Crippen molar-refractivity contribution in [3.63, 3.8) is 0 Å². The van der Waals surface area contributed by atoms with Gasteiger partial charge in [0.1, 0.15) is 5.82 Å². The van der Waals surface area contributed by atoms with Crippen LogP contribution in [0.5, 0.6) is 0 Å². The van der Waals surface area contributed by atoms with E-state index in [4.69, 9.17) is 11.6 Å². The second-order valence-electron chi connectivity index (χ2n) is 11.0. The zero-order chi connectivity index (χ0) is 31.8. The first kappa shape index (κ1) is 31.7. The van der Waals surface area contributed by atoms with Gasteiger partial charge in [0.15, 0.2) is 0 Å². The summed E-state index contributed by atoms with van der Waals surface area (Å²) in [4.78, 5) is 44.2. The van der Waals surface area contributed by atoms with Crippen LogP contribution in [0.15, 0.2) is 97.1 Å². The van der Waals surface area contributed by atoms with Gasteiger partial charge in [-0.1, -0.05) is 61.0 Å². The van der Waals surface area contributed by atoms with E-state index in [9.17, 15) is 18.8 Å². The van der Waals surface area contributed by atoms with Gasteiger partial charge >= 0.3 is 0 Å². The number of hydrogen-bond donors (Lipinski definition) is 2. The lowest BCUT2D eigenvalue weighted by Gasteiger charge is -2.28. The molecule has 1 heterocycles. The number of benzene rings is 4. The van der Waals surface area contributed by atoms with E-state index in [1.165, 1.54) is 12.1 Å². The third-order valence-corrected chi connectivity index (χ3v) is 8.28. The Labute approximate surface area is 268 Å². The lowest BCUT2D eigenvalue weighted by molar-refractivity contribution is -0.132. The lowest BCUT2D eigenvalue weighted by atomic mass is 9.95. The number of rotatable bonds is 9. The van der Waals surface area contributed by atoms with Crippen molar-refractivity contribution in [3.05, 3.63) is 130 Å². The molecule has 1 aliphatic heterocycles. The first-order chi connectivity index (χ1) is 21.8. The van der Waals surface area contributed by atoms with E-state index < -0.39 is 0 Å². The van der Waals surface area contributed by atoms with Gasteiger partial charge in [0, 0.05) is 54.7 Å². The summed E-state index contributed by atoms with van der Waals surface area (Å²) in [5, 5.41) is 6.34. The summed E-state index contributed by atoms with van der Waals surface area (Å²) in [5.41, 5.74) is 3.77. The molecule has 4 aromatic carbocycles. The maximum atomic E-state index is 13.6. The van der Waals surface area contributed by atoms with Crippen molar-refractivity contribution in [1.29, 1.82) is 0 Å². The maximum absolute atomic E-state index is 13.6. The fourth-order valence-electron chi connectivity index (χ4n) is 5.59. The number of carbonyl (C=O) groups excluding carboxylic acids is 3. The molecule has 0 aliphatic carbocycles. The number of nitrogens with one attached hydrogen (secondary N) is 2. The molecule has 0 radical (unpaired) electrons. The zero-order valence-electron chi connectivity index (χ0n) is 25.1. The van der Waals surface area contributed by atoms with Crippen LogP contribution in [0.3, 0.4) is 0 Å². The summed E-state index contributed by atoms with van der Waals surface area (Å²) in [6, 6.07) is 27.6. The van der Waals surface area contributed by atoms with E-state index in [0.29, 0.717) is 60.1 Å². The summed E-state index contributed by atoms with van der Waals surface area (Å²) < 4.78 is 13.4. The average molecular weight is 627 g/mol. The van der Waals surface area contributed by atoms with Crippen molar-refractivity contribution in [2.75, 3.05) is 36.4 Å². The minimum absolute atomic E-state index is 0.114. The molecule has 1 atom stereocenters. The monoisotopic (exact) mass is 626 g/mol. The molecule has 1 saturated heterocycles. The Kier molecular flexibility index (Phi) is 10.5. The molecule has 9 heteroatoms. The standard InChI is InChI=1S/C36H36ClFN4O3/c1-2-31(26-7-4-3-5-8-26)36(45)42-20-6-19-41(21-22-42)33-18-17-30(40-34(43)27-11-13-28(37)14-12-27)23-32(33)35(44)39-24-25-9-15-29(38)16-10-25/h3-5,7-18,23,31H,2,6,19-22,24H2,1H3,(H,39,44)(H,40,43). The smallest absolute Gasteiger partial charge is 0.255 e. The number of carbonyl (C=O) groups is 3. The summed E-state index contributed by atoms with van der Waals surface area (Å²) in [5.74, 6) is -1.09. The minimum Gasteiger partial charge on any atom is -0.369 e. The van der Waals surface area contributed by atoms with Crippen molar-refractivity contribution < 1.29 is 18.8 Å². The molecule has 45 heavy (non-hydrogen) atoms. The molecule has 0 saturated carbocycles. The fourth-order valence-corrected chi connectivity index (χ4v) is 5.72. The number of halogens is 2. The van der Waals surface area contributed by atoms with Gasteiger partial charge in [0.05, 0.1) is 11.5 Å². The molecule has 1 aliphatic rings. The summed E-state index contributed by atoms with van der Waals surface area (Å²) >= 11 is 5.97. The highest BCUT2D eigenvalue weighted by Gasteiger charge is 2.27. The Morgan fingerprint density at radius 3 is 2.29 bits per heavy atom. The van der Waals surface area contributed by atoms with Crippen LogP contribution < -0.4 is 15.5 Å².